The molecule has 0 saturated carbocycles. The third kappa shape index (κ3) is 4.09. The van der Waals surface area contributed by atoms with Crippen LogP contribution >= 0.6 is 0 Å². The Morgan fingerprint density at radius 2 is 2.12 bits per heavy atom. The molecular weight excluding hydrogens is 104 g/mol. The summed E-state index contributed by atoms with van der Waals surface area (Å²) in [6.45, 7) is 5.43. The Bertz CT molecular complexity index is 39.8. The molecule has 0 aliphatic carbocycles. The van der Waals surface area contributed by atoms with Crippen LogP contribution in [0.3, 0.4) is 0 Å². The fourth-order valence-electron chi connectivity index (χ4n) is 0.567. The molecule has 8 heavy (non-hydrogen) atoms. The Morgan fingerprint density at radius 1 is 1.50 bits per heavy atom. The van der Waals surface area contributed by atoms with Gasteiger partial charge < -0.3 is 9.47 Å². The molecule has 0 bridgehead atoms. The van der Waals surface area contributed by atoms with Crippen molar-refractivity contribution in [3.05, 3.63) is 0 Å². The second-order valence-electron chi connectivity index (χ2n) is 1.72. The molecule has 0 aromatic carbocycles. The summed E-state index contributed by atoms with van der Waals surface area (Å²) in [6, 6.07) is 0. The molecule has 0 amide bonds. The second kappa shape index (κ2) is 5.06. The lowest BCUT2D eigenvalue weighted by atomic mass is 10.4. The Labute approximate surface area is 50.8 Å². The maximum Gasteiger partial charge on any atom is 0.0780 e. The highest BCUT2D eigenvalue weighted by atomic mass is 16.5. The first-order valence-electron chi connectivity index (χ1n) is 2.91. The molecule has 50 valence electrons. The minimum absolute atomic E-state index is 0.241. The zero-order chi connectivity index (χ0) is 6.41. The molecule has 0 aliphatic heterocycles. The topological polar surface area (TPSA) is 18.5 Å². The van der Waals surface area contributed by atoms with E-state index in [4.69, 9.17) is 9.47 Å². The first-order chi connectivity index (χ1) is 3.81. The molecule has 0 radical (unpaired) electrons. The average Bonchev–Trinajstić information content (AvgIpc) is 1.68. The number of hydrogen-bond acceptors (Lipinski definition) is 2. The zero-order valence-electron chi connectivity index (χ0n) is 5.81. The highest BCUT2D eigenvalue weighted by molar-refractivity contribution is 4.43. The SMILES string of the molecule is CCO[C@@H](C)COC. The fourth-order valence-corrected chi connectivity index (χ4v) is 0.567. The lowest BCUT2D eigenvalue weighted by molar-refractivity contribution is 0.0155. The minimum atomic E-state index is 0.241. The smallest absolute Gasteiger partial charge is 0.0780 e. The van der Waals surface area contributed by atoms with Gasteiger partial charge in [-0.1, -0.05) is 0 Å². The van der Waals surface area contributed by atoms with Crippen LogP contribution in [0.25, 0.3) is 0 Å². The molecule has 0 saturated heterocycles. The predicted octanol–water partition coefficient (Wildman–Crippen LogP) is 1.06. The molecule has 0 aromatic heterocycles. The third-order valence-corrected chi connectivity index (χ3v) is 0.853. The van der Waals surface area contributed by atoms with E-state index in [9.17, 15) is 0 Å². The Hall–Kier alpha value is -0.0800. The maximum absolute atomic E-state index is 5.16. The number of rotatable bonds is 4. The van der Waals surface area contributed by atoms with Crippen molar-refractivity contribution >= 4 is 0 Å². The Kier molecular flexibility index (Phi) is 5.01. The van der Waals surface area contributed by atoms with Crippen LogP contribution in [0.1, 0.15) is 13.8 Å². The Morgan fingerprint density at radius 3 is 2.50 bits per heavy atom. The van der Waals surface area contributed by atoms with E-state index < -0.39 is 0 Å². The van der Waals surface area contributed by atoms with E-state index in [0.29, 0.717) is 6.61 Å². The highest BCUT2D eigenvalue weighted by Gasteiger charge is 1.96. The monoisotopic (exact) mass is 118 g/mol. The van der Waals surface area contributed by atoms with Crippen molar-refractivity contribution < 1.29 is 9.47 Å². The van der Waals surface area contributed by atoms with Gasteiger partial charge in [-0.3, -0.25) is 0 Å². The summed E-state index contributed by atoms with van der Waals surface area (Å²) < 4.78 is 9.99. The molecule has 0 unspecified atom stereocenters. The summed E-state index contributed by atoms with van der Waals surface area (Å²) in [7, 11) is 1.68. The summed E-state index contributed by atoms with van der Waals surface area (Å²) in [5, 5.41) is 0. The van der Waals surface area contributed by atoms with Gasteiger partial charge in [-0.05, 0) is 13.8 Å². The summed E-state index contributed by atoms with van der Waals surface area (Å²) in [6.07, 6.45) is 0.241. The second-order valence-corrected chi connectivity index (χ2v) is 1.72. The largest absolute Gasteiger partial charge is 0.382 e. The van der Waals surface area contributed by atoms with Crippen molar-refractivity contribution in [1.82, 2.24) is 0 Å². The molecule has 2 nitrogen and oxygen atoms in total. The molecule has 0 aliphatic rings. The number of methoxy groups -OCH3 is 1. The summed E-state index contributed by atoms with van der Waals surface area (Å²) >= 11 is 0. The fraction of sp³-hybridized carbons (Fsp3) is 1.00. The van der Waals surface area contributed by atoms with E-state index in [-0.39, 0.29) is 6.10 Å². The minimum Gasteiger partial charge on any atom is -0.382 e. The van der Waals surface area contributed by atoms with Crippen molar-refractivity contribution in [1.29, 1.82) is 0 Å². The van der Waals surface area contributed by atoms with Gasteiger partial charge in [0, 0.05) is 13.7 Å². The van der Waals surface area contributed by atoms with Crippen LogP contribution in [-0.4, -0.2) is 26.4 Å². The van der Waals surface area contributed by atoms with Crippen molar-refractivity contribution in [2.75, 3.05) is 20.3 Å². The number of hydrogen-bond donors (Lipinski definition) is 0. The van der Waals surface area contributed by atoms with E-state index in [1.807, 2.05) is 13.8 Å². The normalized spacial score (nSPS) is 13.9. The van der Waals surface area contributed by atoms with Crippen molar-refractivity contribution in [2.24, 2.45) is 0 Å². The number of ether oxygens (including phenoxy) is 2. The lowest BCUT2D eigenvalue weighted by Gasteiger charge is -2.08. The van der Waals surface area contributed by atoms with Gasteiger partial charge in [0.15, 0.2) is 0 Å². The van der Waals surface area contributed by atoms with Crippen LogP contribution in [0.2, 0.25) is 0 Å². The van der Waals surface area contributed by atoms with Crippen LogP contribution in [0.15, 0.2) is 0 Å². The lowest BCUT2D eigenvalue weighted by Crippen LogP contribution is -2.13. The van der Waals surface area contributed by atoms with Gasteiger partial charge >= 0.3 is 0 Å². The Balaban J connectivity index is 2.92. The van der Waals surface area contributed by atoms with Gasteiger partial charge in [0.25, 0.3) is 0 Å². The van der Waals surface area contributed by atoms with Gasteiger partial charge in [0.05, 0.1) is 12.7 Å². The first-order valence-corrected chi connectivity index (χ1v) is 2.91. The first kappa shape index (κ1) is 7.92. The van der Waals surface area contributed by atoms with E-state index >= 15 is 0 Å². The molecule has 2 heteroatoms. The van der Waals surface area contributed by atoms with Gasteiger partial charge in [0.2, 0.25) is 0 Å². The van der Waals surface area contributed by atoms with Crippen molar-refractivity contribution in [2.45, 2.75) is 20.0 Å². The summed E-state index contributed by atoms with van der Waals surface area (Å²) in [5.74, 6) is 0. The molecule has 0 fully saturated rings. The van der Waals surface area contributed by atoms with Crippen molar-refractivity contribution in [3.8, 4) is 0 Å². The summed E-state index contributed by atoms with van der Waals surface area (Å²) in [4.78, 5) is 0. The van der Waals surface area contributed by atoms with E-state index in [2.05, 4.69) is 0 Å². The maximum atomic E-state index is 5.16. The predicted molar refractivity (Wildman–Crippen MR) is 33.0 cm³/mol. The van der Waals surface area contributed by atoms with Crippen LogP contribution < -0.4 is 0 Å². The standard InChI is InChI=1S/C6H14O2/c1-4-8-6(2)5-7-3/h6H,4-5H2,1-3H3/t6-/m0/s1. The quantitative estimate of drug-likeness (QED) is 0.549. The molecule has 0 spiro atoms. The van der Waals surface area contributed by atoms with Gasteiger partial charge in [-0.25, -0.2) is 0 Å². The van der Waals surface area contributed by atoms with Crippen LogP contribution in [0.5, 0.6) is 0 Å². The van der Waals surface area contributed by atoms with Crippen LogP contribution in [-0.2, 0) is 9.47 Å². The molecular formula is C6H14O2. The molecule has 0 rings (SSSR count). The van der Waals surface area contributed by atoms with Crippen molar-refractivity contribution in [3.63, 3.8) is 0 Å². The van der Waals surface area contributed by atoms with E-state index in [0.717, 1.165) is 6.61 Å². The molecule has 1 atom stereocenters. The highest BCUT2D eigenvalue weighted by Crippen LogP contribution is 1.88. The molecule has 0 heterocycles. The van der Waals surface area contributed by atoms with Gasteiger partial charge in [-0.2, -0.15) is 0 Å². The van der Waals surface area contributed by atoms with E-state index in [1.54, 1.807) is 7.11 Å². The van der Waals surface area contributed by atoms with Crippen LogP contribution in [0, 0.1) is 0 Å². The van der Waals surface area contributed by atoms with E-state index in [1.165, 1.54) is 0 Å². The summed E-state index contributed by atoms with van der Waals surface area (Å²) in [5.41, 5.74) is 0. The van der Waals surface area contributed by atoms with Gasteiger partial charge in [-0.15, -0.1) is 0 Å². The van der Waals surface area contributed by atoms with Gasteiger partial charge in [0.1, 0.15) is 0 Å². The third-order valence-electron chi connectivity index (χ3n) is 0.853. The molecule has 0 aromatic rings. The average molecular weight is 118 g/mol. The van der Waals surface area contributed by atoms with Crippen LogP contribution in [0.4, 0.5) is 0 Å². The molecule has 0 N–H and O–H groups in total. The zero-order valence-corrected chi connectivity index (χ0v) is 5.81.